The van der Waals surface area contributed by atoms with E-state index >= 15 is 0 Å². The van der Waals surface area contributed by atoms with Crippen molar-refractivity contribution in [1.29, 1.82) is 0 Å². The van der Waals surface area contributed by atoms with Crippen LogP contribution in [0.4, 0.5) is 0 Å². The fourth-order valence-electron chi connectivity index (χ4n) is 2.28. The first-order chi connectivity index (χ1) is 9.35. The van der Waals surface area contributed by atoms with Gasteiger partial charge >= 0.3 is 5.97 Å². The number of rotatable bonds is 6. The Labute approximate surface area is 122 Å². The van der Waals surface area contributed by atoms with Gasteiger partial charge in [-0.15, -0.1) is 0 Å². The molecule has 0 saturated carbocycles. The third-order valence-electron chi connectivity index (χ3n) is 3.24. The highest BCUT2D eigenvalue weighted by Crippen LogP contribution is 2.21. The fraction of sp³-hybridized carbons (Fsp3) is 0.867. The monoisotopic (exact) mass is 284 g/mol. The van der Waals surface area contributed by atoms with Gasteiger partial charge < -0.3 is 15.0 Å². The Balaban J connectivity index is 2.47. The van der Waals surface area contributed by atoms with Crippen molar-refractivity contribution < 1.29 is 14.3 Å². The van der Waals surface area contributed by atoms with Gasteiger partial charge in [0, 0.05) is 6.54 Å². The standard InChI is InChI=1S/C15H28N2O3/c1-5-6-9-16-11-13(18)17-10-7-8-12(17)14(19)20-15(2,3)4/h12,16H,5-11H2,1-4H3/t12-/m1/s1. The van der Waals surface area contributed by atoms with Crippen molar-refractivity contribution in [3.63, 3.8) is 0 Å². The molecule has 1 saturated heterocycles. The summed E-state index contributed by atoms with van der Waals surface area (Å²) in [7, 11) is 0. The molecular formula is C15H28N2O3. The van der Waals surface area contributed by atoms with Crippen LogP contribution in [0.5, 0.6) is 0 Å². The van der Waals surface area contributed by atoms with Gasteiger partial charge in [-0.2, -0.15) is 0 Å². The Bertz CT molecular complexity index is 337. The molecule has 1 amide bonds. The highest BCUT2D eigenvalue weighted by molar-refractivity contribution is 5.86. The van der Waals surface area contributed by atoms with Crippen LogP contribution in [-0.2, 0) is 14.3 Å². The maximum atomic E-state index is 12.1. The molecule has 1 aliphatic rings. The molecule has 1 fully saturated rings. The minimum absolute atomic E-state index is 0.00513. The van der Waals surface area contributed by atoms with E-state index < -0.39 is 11.6 Å². The highest BCUT2D eigenvalue weighted by Gasteiger charge is 2.36. The number of amides is 1. The summed E-state index contributed by atoms with van der Waals surface area (Å²) in [5.41, 5.74) is -0.506. The van der Waals surface area contributed by atoms with E-state index in [1.165, 1.54) is 0 Å². The average Bonchev–Trinajstić information content (AvgIpc) is 2.81. The molecule has 0 aromatic carbocycles. The molecule has 0 radical (unpaired) electrons. The second-order valence-corrected chi connectivity index (χ2v) is 6.31. The Morgan fingerprint density at radius 3 is 2.65 bits per heavy atom. The number of ether oxygens (including phenoxy) is 1. The number of likely N-dealkylation sites (tertiary alicyclic amines) is 1. The van der Waals surface area contributed by atoms with Crippen LogP contribution < -0.4 is 5.32 Å². The molecule has 116 valence electrons. The number of nitrogens with one attached hydrogen (secondary N) is 1. The summed E-state index contributed by atoms with van der Waals surface area (Å²) in [6.07, 6.45) is 3.73. The van der Waals surface area contributed by atoms with E-state index in [0.29, 0.717) is 19.5 Å². The second-order valence-electron chi connectivity index (χ2n) is 6.31. The molecule has 20 heavy (non-hydrogen) atoms. The number of hydrogen-bond acceptors (Lipinski definition) is 4. The molecule has 5 heteroatoms. The average molecular weight is 284 g/mol. The van der Waals surface area contributed by atoms with Gasteiger partial charge in [-0.3, -0.25) is 4.79 Å². The normalized spacial score (nSPS) is 19.2. The van der Waals surface area contributed by atoms with Crippen molar-refractivity contribution in [2.45, 2.75) is 65.0 Å². The lowest BCUT2D eigenvalue weighted by Crippen LogP contribution is -2.46. The van der Waals surface area contributed by atoms with Crippen LogP contribution in [0.3, 0.4) is 0 Å². The molecule has 1 rings (SSSR count). The number of esters is 1. The summed E-state index contributed by atoms with van der Waals surface area (Å²) in [6.45, 7) is 9.45. The van der Waals surface area contributed by atoms with Crippen LogP contribution in [0.1, 0.15) is 53.4 Å². The smallest absolute Gasteiger partial charge is 0.329 e. The minimum Gasteiger partial charge on any atom is -0.458 e. The Kier molecular flexibility index (Phi) is 6.46. The van der Waals surface area contributed by atoms with Gasteiger partial charge in [0.15, 0.2) is 0 Å². The molecule has 1 heterocycles. The van der Waals surface area contributed by atoms with Crippen LogP contribution in [0, 0.1) is 0 Å². The van der Waals surface area contributed by atoms with Crippen molar-refractivity contribution in [2.24, 2.45) is 0 Å². The first-order valence-electron chi connectivity index (χ1n) is 7.58. The van der Waals surface area contributed by atoms with E-state index in [4.69, 9.17) is 4.74 Å². The van der Waals surface area contributed by atoms with Crippen molar-refractivity contribution in [1.82, 2.24) is 10.2 Å². The van der Waals surface area contributed by atoms with Crippen LogP contribution >= 0.6 is 0 Å². The first-order valence-corrected chi connectivity index (χ1v) is 7.58. The molecule has 1 aliphatic heterocycles. The lowest BCUT2D eigenvalue weighted by Gasteiger charge is -2.27. The van der Waals surface area contributed by atoms with Crippen LogP contribution in [-0.4, -0.2) is 48.1 Å². The van der Waals surface area contributed by atoms with E-state index in [-0.39, 0.29) is 11.9 Å². The third-order valence-corrected chi connectivity index (χ3v) is 3.24. The van der Waals surface area contributed by atoms with Gasteiger partial charge in [0.2, 0.25) is 5.91 Å². The Morgan fingerprint density at radius 2 is 2.05 bits per heavy atom. The maximum Gasteiger partial charge on any atom is 0.329 e. The molecule has 0 aliphatic carbocycles. The number of carbonyl (C=O) groups excluding carboxylic acids is 2. The molecule has 0 unspecified atom stereocenters. The van der Waals surface area contributed by atoms with E-state index in [0.717, 1.165) is 25.8 Å². The Hall–Kier alpha value is -1.10. The van der Waals surface area contributed by atoms with Crippen LogP contribution in [0.2, 0.25) is 0 Å². The third kappa shape index (κ3) is 5.49. The number of unbranched alkanes of at least 4 members (excludes halogenated alkanes) is 1. The summed E-state index contributed by atoms with van der Waals surface area (Å²) < 4.78 is 5.39. The quantitative estimate of drug-likeness (QED) is 0.596. The predicted molar refractivity (Wildman–Crippen MR) is 78.4 cm³/mol. The predicted octanol–water partition coefficient (Wildman–Crippen LogP) is 1.71. The molecule has 1 atom stereocenters. The summed E-state index contributed by atoms with van der Waals surface area (Å²) in [5.74, 6) is -0.286. The zero-order valence-electron chi connectivity index (χ0n) is 13.2. The van der Waals surface area contributed by atoms with Crippen LogP contribution in [0.25, 0.3) is 0 Å². The zero-order chi connectivity index (χ0) is 15.2. The number of nitrogens with zero attached hydrogens (tertiary/aromatic N) is 1. The van der Waals surface area contributed by atoms with Gasteiger partial charge in [-0.05, 0) is 46.6 Å². The van der Waals surface area contributed by atoms with Crippen molar-refractivity contribution in [3.05, 3.63) is 0 Å². The first kappa shape index (κ1) is 17.0. The molecule has 0 aromatic heterocycles. The van der Waals surface area contributed by atoms with Gasteiger partial charge in [0.1, 0.15) is 11.6 Å². The zero-order valence-corrected chi connectivity index (χ0v) is 13.2. The summed E-state index contributed by atoms with van der Waals surface area (Å²) in [6, 6.07) is -0.408. The minimum atomic E-state index is -0.506. The maximum absolute atomic E-state index is 12.1. The molecule has 1 N–H and O–H groups in total. The molecule has 5 nitrogen and oxygen atoms in total. The lowest BCUT2D eigenvalue weighted by molar-refractivity contribution is -0.163. The topological polar surface area (TPSA) is 58.6 Å². The second kappa shape index (κ2) is 7.62. The van der Waals surface area contributed by atoms with E-state index in [1.54, 1.807) is 4.90 Å². The van der Waals surface area contributed by atoms with Crippen molar-refractivity contribution in [2.75, 3.05) is 19.6 Å². The molecular weight excluding hydrogens is 256 g/mol. The van der Waals surface area contributed by atoms with Crippen molar-refractivity contribution >= 4 is 11.9 Å². The number of hydrogen-bond donors (Lipinski definition) is 1. The summed E-state index contributed by atoms with van der Waals surface area (Å²) >= 11 is 0. The molecule has 0 bridgehead atoms. The van der Waals surface area contributed by atoms with E-state index in [2.05, 4.69) is 12.2 Å². The van der Waals surface area contributed by atoms with Crippen LogP contribution in [0.15, 0.2) is 0 Å². The van der Waals surface area contributed by atoms with Gasteiger partial charge in [-0.25, -0.2) is 4.79 Å². The largest absolute Gasteiger partial charge is 0.458 e. The molecule has 0 spiro atoms. The summed E-state index contributed by atoms with van der Waals surface area (Å²) in [4.78, 5) is 25.9. The summed E-state index contributed by atoms with van der Waals surface area (Å²) in [5, 5.41) is 3.13. The number of carbonyl (C=O) groups is 2. The SMILES string of the molecule is CCCCNCC(=O)N1CCC[C@@H]1C(=O)OC(C)(C)C. The fourth-order valence-corrected chi connectivity index (χ4v) is 2.28. The van der Waals surface area contributed by atoms with E-state index in [9.17, 15) is 9.59 Å². The van der Waals surface area contributed by atoms with Crippen molar-refractivity contribution in [3.8, 4) is 0 Å². The lowest BCUT2D eigenvalue weighted by atomic mass is 10.1. The van der Waals surface area contributed by atoms with Gasteiger partial charge in [0.25, 0.3) is 0 Å². The Morgan fingerprint density at radius 1 is 1.35 bits per heavy atom. The van der Waals surface area contributed by atoms with Gasteiger partial charge in [-0.1, -0.05) is 13.3 Å². The van der Waals surface area contributed by atoms with Gasteiger partial charge in [0.05, 0.1) is 6.54 Å². The molecule has 0 aromatic rings. The highest BCUT2D eigenvalue weighted by atomic mass is 16.6. The van der Waals surface area contributed by atoms with E-state index in [1.807, 2.05) is 20.8 Å².